The van der Waals surface area contributed by atoms with Gasteiger partial charge in [-0.05, 0) is 81.9 Å². The fourth-order valence-corrected chi connectivity index (χ4v) is 8.23. The highest BCUT2D eigenvalue weighted by atomic mass is 16.3. The maximum atomic E-state index is 6.36. The SMILES string of the molecule is c1cc(-c2ccc3nc4c(nc3c2)oc2ccc(-c3cccc(-c5cccc6c5oc5ccccc56)c3)cc24)cc(-c2cccc3c2oc2ccccc23)c1. The predicted molar refractivity (Wildman–Crippen MR) is 223 cm³/mol. The number of para-hydroxylation sites is 4. The summed E-state index contributed by atoms with van der Waals surface area (Å²) in [4.78, 5) is 10.1. The lowest BCUT2D eigenvalue weighted by Crippen LogP contribution is -1.87. The number of benzene rings is 8. The van der Waals surface area contributed by atoms with E-state index in [2.05, 4.69) is 140 Å². The third kappa shape index (κ3) is 4.66. The van der Waals surface area contributed by atoms with Crippen LogP contribution in [0, 0.1) is 0 Å². The fourth-order valence-electron chi connectivity index (χ4n) is 8.23. The number of furan rings is 3. The summed E-state index contributed by atoms with van der Waals surface area (Å²) >= 11 is 0. The summed E-state index contributed by atoms with van der Waals surface area (Å²) in [5.74, 6) is 0. The molecule has 0 atom stereocenters. The van der Waals surface area contributed by atoms with Crippen LogP contribution in [0.3, 0.4) is 0 Å². The minimum atomic E-state index is 0.521. The first-order valence-corrected chi connectivity index (χ1v) is 18.4. The van der Waals surface area contributed by atoms with Crippen molar-refractivity contribution in [1.82, 2.24) is 9.97 Å². The first-order chi connectivity index (χ1) is 27.2. The number of hydrogen-bond acceptors (Lipinski definition) is 5. The van der Waals surface area contributed by atoms with E-state index in [9.17, 15) is 0 Å². The van der Waals surface area contributed by atoms with Crippen LogP contribution < -0.4 is 0 Å². The van der Waals surface area contributed by atoms with Crippen molar-refractivity contribution < 1.29 is 13.3 Å². The molecule has 4 heterocycles. The second-order valence-electron chi connectivity index (χ2n) is 14.1. The summed E-state index contributed by atoms with van der Waals surface area (Å²) in [5.41, 5.74) is 15.8. The van der Waals surface area contributed by atoms with Gasteiger partial charge in [-0.15, -0.1) is 0 Å². The normalized spacial score (nSPS) is 12.0. The zero-order valence-corrected chi connectivity index (χ0v) is 29.3. The summed E-state index contributed by atoms with van der Waals surface area (Å²) in [6, 6.07) is 58.8. The van der Waals surface area contributed by atoms with Gasteiger partial charge in [-0.1, -0.05) is 121 Å². The predicted octanol–water partition coefficient (Wildman–Crippen LogP) is 14.0. The molecule has 4 aromatic heterocycles. The number of aromatic nitrogens is 2. The van der Waals surface area contributed by atoms with E-state index in [4.69, 9.17) is 23.2 Å². The Hall–Kier alpha value is -7.50. The quantitative estimate of drug-likeness (QED) is 0.182. The molecule has 0 aliphatic heterocycles. The molecule has 12 aromatic rings. The maximum Gasteiger partial charge on any atom is 0.246 e. The number of hydrogen-bond donors (Lipinski definition) is 0. The number of nitrogens with zero attached hydrogens (tertiary/aromatic N) is 2. The topological polar surface area (TPSA) is 65.2 Å². The van der Waals surface area contributed by atoms with Crippen molar-refractivity contribution in [1.29, 1.82) is 0 Å². The van der Waals surface area contributed by atoms with Crippen LogP contribution in [0.1, 0.15) is 0 Å². The van der Waals surface area contributed by atoms with Crippen molar-refractivity contribution in [2.75, 3.05) is 0 Å². The third-order valence-electron chi connectivity index (χ3n) is 10.9. The van der Waals surface area contributed by atoms with Gasteiger partial charge in [-0.3, -0.25) is 0 Å². The standard InChI is InChI=1S/C50H28N2O3/c1-3-19-44-37(13-1)39-17-7-15-35(48(39)53-44)33-11-5-9-29(25-33)31-22-24-46-41(27-31)47-50(55-46)52-43-28-32(21-23-42(43)51-47)30-10-6-12-34(26-30)36-16-8-18-40-38-14-2-4-20-45(38)54-49(36)40/h1-28H. The highest BCUT2D eigenvalue weighted by Gasteiger charge is 2.17. The van der Waals surface area contributed by atoms with Gasteiger partial charge in [0.25, 0.3) is 0 Å². The van der Waals surface area contributed by atoms with Crippen molar-refractivity contribution in [2.45, 2.75) is 0 Å². The van der Waals surface area contributed by atoms with E-state index in [-0.39, 0.29) is 0 Å². The second kappa shape index (κ2) is 11.5. The Morgan fingerprint density at radius 2 is 0.818 bits per heavy atom. The van der Waals surface area contributed by atoms with Gasteiger partial charge in [0.1, 0.15) is 33.4 Å². The van der Waals surface area contributed by atoms with E-state index in [0.717, 1.165) is 116 Å². The zero-order valence-electron chi connectivity index (χ0n) is 29.3. The van der Waals surface area contributed by atoms with Crippen molar-refractivity contribution in [3.8, 4) is 44.5 Å². The lowest BCUT2D eigenvalue weighted by Gasteiger charge is -2.08. The van der Waals surface area contributed by atoms with Crippen molar-refractivity contribution in [3.63, 3.8) is 0 Å². The summed E-state index contributed by atoms with van der Waals surface area (Å²) < 4.78 is 19.0. The average Bonchev–Trinajstić information content (AvgIpc) is 3.93. The van der Waals surface area contributed by atoms with Gasteiger partial charge in [-0.25, -0.2) is 9.97 Å². The van der Waals surface area contributed by atoms with E-state index in [0.29, 0.717) is 5.71 Å². The van der Waals surface area contributed by atoms with Crippen molar-refractivity contribution >= 4 is 77.1 Å². The highest BCUT2D eigenvalue weighted by molar-refractivity contribution is 6.11. The Balaban J connectivity index is 0.912. The molecule has 0 unspecified atom stereocenters. The first kappa shape index (κ1) is 30.0. The summed E-state index contributed by atoms with van der Waals surface area (Å²) in [7, 11) is 0. The monoisotopic (exact) mass is 704 g/mol. The summed E-state index contributed by atoms with van der Waals surface area (Å²) in [6.07, 6.45) is 0. The third-order valence-corrected chi connectivity index (χ3v) is 10.9. The van der Waals surface area contributed by atoms with Crippen LogP contribution in [0.2, 0.25) is 0 Å². The van der Waals surface area contributed by atoms with Crippen LogP contribution in [0.15, 0.2) is 183 Å². The lowest BCUT2D eigenvalue weighted by molar-refractivity contribution is 0.655. The van der Waals surface area contributed by atoms with Gasteiger partial charge in [0.15, 0.2) is 0 Å². The van der Waals surface area contributed by atoms with E-state index >= 15 is 0 Å². The zero-order chi connectivity index (χ0) is 36.0. The van der Waals surface area contributed by atoms with Gasteiger partial charge in [0.2, 0.25) is 5.71 Å². The molecule has 0 aliphatic rings. The molecule has 0 saturated heterocycles. The van der Waals surface area contributed by atoms with E-state index < -0.39 is 0 Å². The van der Waals surface area contributed by atoms with Gasteiger partial charge in [-0.2, -0.15) is 0 Å². The largest absolute Gasteiger partial charge is 0.455 e. The van der Waals surface area contributed by atoms with E-state index in [1.807, 2.05) is 30.3 Å². The summed E-state index contributed by atoms with van der Waals surface area (Å²) in [5, 5.41) is 5.42. The van der Waals surface area contributed by atoms with Crippen LogP contribution in [0.25, 0.3) is 122 Å². The molecule has 0 amide bonds. The molecule has 55 heavy (non-hydrogen) atoms. The second-order valence-corrected chi connectivity index (χ2v) is 14.1. The average molecular weight is 705 g/mol. The molecule has 0 aliphatic carbocycles. The highest BCUT2D eigenvalue weighted by Crippen LogP contribution is 2.40. The van der Waals surface area contributed by atoms with Crippen LogP contribution >= 0.6 is 0 Å². The van der Waals surface area contributed by atoms with Gasteiger partial charge < -0.3 is 13.3 Å². The lowest BCUT2D eigenvalue weighted by atomic mass is 9.97. The van der Waals surface area contributed by atoms with Gasteiger partial charge >= 0.3 is 0 Å². The molecule has 0 saturated carbocycles. The molecule has 0 bridgehead atoms. The van der Waals surface area contributed by atoms with E-state index in [1.165, 1.54) is 0 Å². The molecule has 5 heteroatoms. The van der Waals surface area contributed by atoms with Crippen molar-refractivity contribution in [2.24, 2.45) is 0 Å². The van der Waals surface area contributed by atoms with Gasteiger partial charge in [0.05, 0.1) is 11.0 Å². The summed E-state index contributed by atoms with van der Waals surface area (Å²) in [6.45, 7) is 0. The molecular formula is C50H28N2O3. The van der Waals surface area contributed by atoms with Gasteiger partial charge in [0, 0.05) is 38.1 Å². The molecule has 8 aromatic carbocycles. The van der Waals surface area contributed by atoms with Crippen LogP contribution in [0.4, 0.5) is 0 Å². The smallest absolute Gasteiger partial charge is 0.246 e. The molecule has 0 spiro atoms. The van der Waals surface area contributed by atoms with E-state index in [1.54, 1.807) is 0 Å². The molecule has 0 radical (unpaired) electrons. The molecule has 12 rings (SSSR count). The van der Waals surface area contributed by atoms with Crippen LogP contribution in [0.5, 0.6) is 0 Å². The Bertz CT molecular complexity index is 3510. The van der Waals surface area contributed by atoms with Crippen molar-refractivity contribution in [3.05, 3.63) is 170 Å². The maximum absolute atomic E-state index is 6.36. The Kier molecular flexibility index (Phi) is 6.27. The van der Waals surface area contributed by atoms with Crippen LogP contribution in [-0.2, 0) is 0 Å². The fraction of sp³-hybridized carbons (Fsp3) is 0. The molecule has 256 valence electrons. The Morgan fingerprint density at radius 1 is 0.309 bits per heavy atom. The molecule has 0 fully saturated rings. The first-order valence-electron chi connectivity index (χ1n) is 18.4. The minimum Gasteiger partial charge on any atom is -0.455 e. The molecular weight excluding hydrogens is 677 g/mol. The molecule has 0 N–H and O–H groups in total. The molecule has 5 nitrogen and oxygen atoms in total. The Morgan fingerprint density at radius 3 is 1.47 bits per heavy atom. The number of fused-ring (bicyclic) bond motifs is 10. The minimum absolute atomic E-state index is 0.521. The Labute approximate surface area is 313 Å². The van der Waals surface area contributed by atoms with Crippen LogP contribution in [-0.4, -0.2) is 9.97 Å². The number of rotatable bonds is 4.